The number of hydrogen-bond donors (Lipinski definition) is 4. The molecule has 0 aromatic heterocycles. The van der Waals surface area contributed by atoms with Gasteiger partial charge >= 0.3 is 11.9 Å². The number of hydrogen-bond acceptors (Lipinski definition) is 18. The third-order valence-electron chi connectivity index (χ3n) is 12.1. The fourth-order valence-corrected chi connectivity index (χ4v) is 8.36. The summed E-state index contributed by atoms with van der Waals surface area (Å²) in [5, 5.41) is 38.6. The van der Waals surface area contributed by atoms with Crippen LogP contribution in [0.5, 0.6) is 0 Å². The Morgan fingerprint density at radius 3 is 1.71 bits per heavy atom. The number of carbonyl (C=O) groups is 2. The van der Waals surface area contributed by atoms with Crippen molar-refractivity contribution in [2.75, 3.05) is 26.4 Å². The predicted octanol–water partition coefficient (Wildman–Crippen LogP) is -0.332. The molecular formula is C40H48O18. The predicted molar refractivity (Wildman–Crippen MR) is 189 cm³/mol. The molecule has 2 aromatic rings. The van der Waals surface area contributed by atoms with Gasteiger partial charge in [-0.3, -0.25) is 0 Å². The highest BCUT2D eigenvalue weighted by atomic mass is 16.8. The molecule has 8 saturated heterocycles. The van der Waals surface area contributed by atoms with Crippen LogP contribution in [0.2, 0.25) is 0 Å². The lowest BCUT2D eigenvalue weighted by atomic mass is 9.83. The second kappa shape index (κ2) is 16.7. The van der Waals surface area contributed by atoms with Crippen molar-refractivity contribution in [3.63, 3.8) is 0 Å². The fraction of sp³-hybridized carbons (Fsp3) is 0.650. The van der Waals surface area contributed by atoms with E-state index in [0.717, 1.165) is 0 Å². The van der Waals surface area contributed by atoms with Gasteiger partial charge in [0.1, 0.15) is 79.9 Å². The smallest absolute Gasteiger partial charge is 0.338 e. The van der Waals surface area contributed by atoms with E-state index in [1.807, 2.05) is 26.0 Å². The molecule has 0 aliphatic carbocycles. The monoisotopic (exact) mass is 816 g/mol. The van der Waals surface area contributed by atoms with Gasteiger partial charge in [-0.25, -0.2) is 9.59 Å². The molecule has 8 aliphatic heterocycles. The van der Waals surface area contributed by atoms with E-state index in [2.05, 4.69) is 0 Å². The van der Waals surface area contributed by atoms with Gasteiger partial charge in [0.25, 0.3) is 0 Å². The standard InChI is InChI=1S/C28H30O9.C12H18O9/c1-15-16(2)21(36-26(30)18-11-7-4-8-12-18)28(37-22-20-14-32-27(34-20)24-23(22)35-24)33-19(15)13-31-25(29)17-9-5-3-6-10-17;13-1-3-5(14)6(15)7(16)11(18-3)21-8-4-2-17-12(19-4)10-9(8)20-10/h3-12,15-16,19-24,27-28H,13-14H2,1-2H3;3-16H,1-2H2/t15-,16-,19?,20?,21?,22+,23+,24?,27+,28-;3?,4?,5-,6+,7?,8-,9-,10?,11+,12-/m01/s1. The Balaban J connectivity index is 0.000000175. The van der Waals surface area contributed by atoms with Gasteiger partial charge in [-0.2, -0.15) is 0 Å². The van der Waals surface area contributed by atoms with Crippen molar-refractivity contribution in [1.29, 1.82) is 0 Å². The number of aliphatic hydroxyl groups excluding tert-OH is 4. The van der Waals surface area contributed by atoms with Crippen molar-refractivity contribution in [3.8, 4) is 0 Å². The molecule has 0 saturated carbocycles. The Morgan fingerprint density at radius 1 is 0.603 bits per heavy atom. The number of rotatable bonds is 10. The van der Waals surface area contributed by atoms with Gasteiger partial charge in [0.15, 0.2) is 31.3 Å². The largest absolute Gasteiger partial charge is 0.459 e. The van der Waals surface area contributed by atoms with E-state index in [1.54, 1.807) is 48.5 Å². The molecule has 8 unspecified atom stereocenters. The summed E-state index contributed by atoms with van der Waals surface area (Å²) in [5.74, 6) is -1.13. The second-order valence-corrected chi connectivity index (χ2v) is 15.7. The van der Waals surface area contributed by atoms with E-state index in [4.69, 9.17) is 61.9 Å². The molecule has 4 bridgehead atoms. The summed E-state index contributed by atoms with van der Waals surface area (Å²) in [6, 6.07) is 17.6. The lowest BCUT2D eigenvalue weighted by Gasteiger charge is -2.44. The summed E-state index contributed by atoms with van der Waals surface area (Å²) >= 11 is 0. The maximum atomic E-state index is 13.0. The molecule has 316 valence electrons. The van der Waals surface area contributed by atoms with Crippen molar-refractivity contribution in [3.05, 3.63) is 71.8 Å². The number of epoxide rings is 2. The zero-order chi connectivity index (χ0) is 40.2. The molecule has 10 rings (SSSR count). The van der Waals surface area contributed by atoms with Crippen LogP contribution < -0.4 is 0 Å². The minimum atomic E-state index is -1.46. The molecule has 0 amide bonds. The molecule has 58 heavy (non-hydrogen) atoms. The Morgan fingerprint density at radius 2 is 1.14 bits per heavy atom. The Kier molecular flexibility index (Phi) is 11.6. The van der Waals surface area contributed by atoms with Gasteiger partial charge in [-0.1, -0.05) is 50.2 Å². The van der Waals surface area contributed by atoms with Crippen molar-refractivity contribution in [1.82, 2.24) is 0 Å². The normalized spacial score (nSPS) is 45.5. The first kappa shape index (κ1) is 40.2. The van der Waals surface area contributed by atoms with Gasteiger partial charge in [-0.15, -0.1) is 0 Å². The van der Waals surface area contributed by atoms with Crippen LogP contribution in [0.1, 0.15) is 34.6 Å². The zero-order valence-electron chi connectivity index (χ0n) is 31.7. The summed E-state index contributed by atoms with van der Waals surface area (Å²) in [4.78, 5) is 25.5. The first-order valence-electron chi connectivity index (χ1n) is 19.7. The maximum absolute atomic E-state index is 13.0. The van der Waals surface area contributed by atoms with Crippen molar-refractivity contribution in [2.24, 2.45) is 11.8 Å². The number of aliphatic hydroxyl groups is 4. The molecule has 4 N–H and O–H groups in total. The Labute approximate surface area is 333 Å². The van der Waals surface area contributed by atoms with E-state index in [9.17, 15) is 24.9 Å². The van der Waals surface area contributed by atoms with Crippen LogP contribution in [0.3, 0.4) is 0 Å². The molecule has 8 heterocycles. The summed E-state index contributed by atoms with van der Waals surface area (Å²) in [7, 11) is 0. The first-order valence-corrected chi connectivity index (χ1v) is 19.7. The molecule has 20 atom stereocenters. The summed E-state index contributed by atoms with van der Waals surface area (Å²) in [6.07, 6.45) is -11.5. The highest BCUT2D eigenvalue weighted by Gasteiger charge is 2.64. The molecule has 8 fully saturated rings. The maximum Gasteiger partial charge on any atom is 0.338 e. The van der Waals surface area contributed by atoms with Gasteiger partial charge in [-0.05, 0) is 30.2 Å². The third kappa shape index (κ3) is 7.92. The summed E-state index contributed by atoms with van der Waals surface area (Å²) in [5.41, 5.74) is 0.909. The van der Waals surface area contributed by atoms with Crippen LogP contribution in [-0.2, 0) is 56.8 Å². The number of carbonyl (C=O) groups excluding carboxylic acids is 2. The molecule has 2 aromatic carbocycles. The second-order valence-electron chi connectivity index (χ2n) is 15.7. The van der Waals surface area contributed by atoms with E-state index in [0.29, 0.717) is 24.3 Å². The quantitative estimate of drug-likeness (QED) is 0.178. The van der Waals surface area contributed by atoms with Crippen molar-refractivity contribution in [2.45, 2.75) is 124 Å². The molecule has 18 nitrogen and oxygen atoms in total. The summed E-state index contributed by atoms with van der Waals surface area (Å²) in [6.45, 7) is 4.28. The minimum absolute atomic E-state index is 0.0385. The minimum Gasteiger partial charge on any atom is -0.459 e. The highest BCUT2D eigenvalue weighted by molar-refractivity contribution is 5.89. The lowest BCUT2D eigenvalue weighted by molar-refractivity contribution is -0.319. The van der Waals surface area contributed by atoms with E-state index in [1.165, 1.54) is 0 Å². The van der Waals surface area contributed by atoms with Crippen LogP contribution in [-0.4, -0.2) is 169 Å². The molecular weight excluding hydrogens is 768 g/mol. The average molecular weight is 817 g/mol. The van der Waals surface area contributed by atoms with Gasteiger partial charge in [0, 0.05) is 5.92 Å². The van der Waals surface area contributed by atoms with Gasteiger partial charge in [0.05, 0.1) is 37.1 Å². The number of fused-ring (bicyclic) bond motifs is 8. The number of ether oxygens (including phenoxy) is 12. The lowest BCUT2D eigenvalue weighted by Crippen LogP contribution is -2.60. The van der Waals surface area contributed by atoms with Crippen molar-refractivity contribution >= 4 is 11.9 Å². The highest BCUT2D eigenvalue weighted by Crippen LogP contribution is 2.46. The Bertz CT molecular complexity index is 1730. The average Bonchev–Trinajstić information content (AvgIpc) is 4.15. The molecule has 18 heteroatoms. The molecule has 0 spiro atoms. The van der Waals surface area contributed by atoms with E-state index < -0.39 is 80.0 Å². The fourth-order valence-electron chi connectivity index (χ4n) is 8.36. The molecule has 8 aliphatic rings. The van der Waals surface area contributed by atoms with Crippen LogP contribution in [0.4, 0.5) is 0 Å². The van der Waals surface area contributed by atoms with Gasteiger partial charge < -0.3 is 77.3 Å². The van der Waals surface area contributed by atoms with Gasteiger partial charge in [0.2, 0.25) is 0 Å². The number of benzene rings is 2. The summed E-state index contributed by atoms with van der Waals surface area (Å²) < 4.78 is 69.1. The van der Waals surface area contributed by atoms with Crippen molar-refractivity contribution < 1.29 is 86.9 Å². The van der Waals surface area contributed by atoms with E-state index >= 15 is 0 Å². The van der Waals surface area contributed by atoms with Crippen LogP contribution in [0, 0.1) is 11.8 Å². The van der Waals surface area contributed by atoms with Crippen LogP contribution >= 0.6 is 0 Å². The number of esters is 2. The Hall–Kier alpha value is -3.18. The zero-order valence-corrected chi connectivity index (χ0v) is 31.7. The van der Waals surface area contributed by atoms with Crippen LogP contribution in [0.25, 0.3) is 0 Å². The molecule has 0 radical (unpaired) electrons. The SMILES string of the molecule is C[C@@H]1C(COC(=O)c2ccccc2)O[C@@H](O[C@@H]2C3CO[C@H](O3)C3O[C@@H]32)C(OC(=O)c2ccccc2)[C@H]1C.OCC1O[C@@H](O[C@@H]2C3CO[C@H](O3)C3O[C@@H]32)C(O)[C@@H](O)[C@@H]1O. The topological polar surface area (TPSA) is 232 Å². The van der Waals surface area contributed by atoms with E-state index in [-0.39, 0.29) is 67.6 Å². The first-order chi connectivity index (χ1) is 28.1. The third-order valence-corrected chi connectivity index (χ3v) is 12.1. The van der Waals surface area contributed by atoms with Crippen LogP contribution in [0.15, 0.2) is 60.7 Å².